The first-order valence-corrected chi connectivity index (χ1v) is 11.5. The van der Waals surface area contributed by atoms with E-state index in [1.165, 1.54) is 17.4 Å². The lowest BCUT2D eigenvalue weighted by Crippen LogP contribution is -2.12. The first-order chi connectivity index (χ1) is 15.9. The number of halogens is 1. The third kappa shape index (κ3) is 5.93. The lowest BCUT2D eigenvalue weighted by atomic mass is 10.1. The molecule has 2 heterocycles. The van der Waals surface area contributed by atoms with Crippen LogP contribution in [0.1, 0.15) is 34.6 Å². The number of thioether (sulfide) groups is 1. The maximum atomic E-state index is 13.7. The van der Waals surface area contributed by atoms with Crippen LogP contribution in [-0.4, -0.2) is 24.2 Å². The smallest absolute Gasteiger partial charge is 0.252 e. The van der Waals surface area contributed by atoms with Crippen LogP contribution in [0, 0.1) is 17.1 Å². The highest BCUT2D eigenvalue weighted by atomic mass is 32.2. The number of thiazole rings is 1. The van der Waals surface area contributed by atoms with Crippen molar-refractivity contribution < 1.29 is 14.0 Å². The molecule has 2 N–H and O–H groups in total. The third-order valence-corrected chi connectivity index (χ3v) is 6.97. The Kier molecular flexibility index (Phi) is 8.11. The SMILES string of the molecule is CC1=C(C)C(=O)Nc2cc(C=O)ccc2S1.CNCc1cnc(-c2ccc(C#N)cc2F)s1. The summed E-state index contributed by atoms with van der Waals surface area (Å²) in [6.45, 7) is 4.43. The highest BCUT2D eigenvalue weighted by molar-refractivity contribution is 8.03. The summed E-state index contributed by atoms with van der Waals surface area (Å²) < 4.78 is 13.7. The number of carbonyl (C=O) groups is 2. The van der Waals surface area contributed by atoms with E-state index in [-0.39, 0.29) is 5.91 Å². The molecule has 0 aliphatic carbocycles. The number of fused-ring (bicyclic) bond motifs is 1. The molecule has 0 radical (unpaired) electrons. The quantitative estimate of drug-likeness (QED) is 0.487. The van der Waals surface area contributed by atoms with Gasteiger partial charge in [0, 0.05) is 39.2 Å². The Hall–Kier alpha value is -3.32. The van der Waals surface area contributed by atoms with Crippen molar-refractivity contribution >= 4 is 41.0 Å². The predicted molar refractivity (Wildman–Crippen MR) is 130 cm³/mol. The van der Waals surface area contributed by atoms with Crippen LogP contribution in [0.5, 0.6) is 0 Å². The first kappa shape index (κ1) is 24.3. The van der Waals surface area contributed by atoms with Gasteiger partial charge in [0.25, 0.3) is 5.91 Å². The number of anilines is 1. The predicted octanol–water partition coefficient (Wildman–Crippen LogP) is 5.38. The van der Waals surface area contributed by atoms with E-state index in [4.69, 9.17) is 5.26 Å². The molecule has 4 rings (SSSR count). The number of amides is 1. The van der Waals surface area contributed by atoms with Gasteiger partial charge in [-0.2, -0.15) is 5.26 Å². The van der Waals surface area contributed by atoms with Gasteiger partial charge in [-0.15, -0.1) is 11.3 Å². The molecule has 0 fully saturated rings. The molecule has 0 saturated heterocycles. The molecule has 168 valence electrons. The van der Waals surface area contributed by atoms with E-state index in [9.17, 15) is 14.0 Å². The van der Waals surface area contributed by atoms with Crippen molar-refractivity contribution in [3.63, 3.8) is 0 Å². The number of aldehydes is 1. The van der Waals surface area contributed by atoms with E-state index in [1.807, 2.05) is 26.1 Å². The largest absolute Gasteiger partial charge is 0.321 e. The van der Waals surface area contributed by atoms with Gasteiger partial charge < -0.3 is 10.6 Å². The number of allylic oxidation sites excluding steroid dienone is 1. The lowest BCUT2D eigenvalue weighted by molar-refractivity contribution is -0.112. The molecule has 1 aromatic heterocycles. The maximum absolute atomic E-state index is 13.7. The van der Waals surface area contributed by atoms with Gasteiger partial charge >= 0.3 is 0 Å². The zero-order chi connectivity index (χ0) is 24.0. The second-order valence-corrected chi connectivity index (χ2v) is 9.45. The minimum atomic E-state index is -0.408. The molecule has 6 nitrogen and oxygen atoms in total. The Morgan fingerprint density at radius 3 is 2.70 bits per heavy atom. The van der Waals surface area contributed by atoms with Gasteiger partial charge in [0.1, 0.15) is 17.1 Å². The van der Waals surface area contributed by atoms with Gasteiger partial charge in [0.15, 0.2) is 0 Å². The molecule has 1 amide bonds. The molecule has 0 atom stereocenters. The molecule has 0 spiro atoms. The fourth-order valence-electron chi connectivity index (χ4n) is 2.87. The molecular formula is C24H21FN4O2S2. The van der Waals surface area contributed by atoms with Gasteiger partial charge in [-0.05, 0) is 56.1 Å². The van der Waals surface area contributed by atoms with E-state index in [0.717, 1.165) is 27.5 Å². The summed E-state index contributed by atoms with van der Waals surface area (Å²) in [4.78, 5) is 29.5. The molecule has 1 aliphatic rings. The normalized spacial score (nSPS) is 12.6. The lowest BCUT2D eigenvalue weighted by Gasteiger charge is -2.06. The number of carbonyl (C=O) groups excluding carboxylic acids is 2. The summed E-state index contributed by atoms with van der Waals surface area (Å²) in [5.74, 6) is -0.513. The van der Waals surface area contributed by atoms with Crippen molar-refractivity contribution in [1.82, 2.24) is 10.3 Å². The fraction of sp³-hybridized carbons (Fsp3) is 0.167. The molecule has 0 saturated carbocycles. The monoisotopic (exact) mass is 480 g/mol. The van der Waals surface area contributed by atoms with Crippen molar-refractivity contribution in [3.8, 4) is 16.6 Å². The topological polar surface area (TPSA) is 94.9 Å². The fourth-order valence-corrected chi connectivity index (χ4v) is 4.75. The minimum Gasteiger partial charge on any atom is -0.321 e. The number of rotatable bonds is 4. The van der Waals surface area contributed by atoms with E-state index in [0.29, 0.717) is 33.0 Å². The van der Waals surface area contributed by atoms with Crippen molar-refractivity contribution in [2.75, 3.05) is 12.4 Å². The summed E-state index contributed by atoms with van der Waals surface area (Å²) in [6, 6.07) is 11.6. The van der Waals surface area contributed by atoms with Crippen LogP contribution in [0.25, 0.3) is 10.6 Å². The van der Waals surface area contributed by atoms with E-state index in [2.05, 4.69) is 15.6 Å². The molecule has 3 aromatic rings. The number of hydrogen-bond acceptors (Lipinski definition) is 7. The Labute approximate surface area is 199 Å². The number of aromatic nitrogens is 1. The summed E-state index contributed by atoms with van der Waals surface area (Å²) in [7, 11) is 1.85. The second kappa shape index (κ2) is 11.0. The van der Waals surface area contributed by atoms with Crippen molar-refractivity contribution in [2.24, 2.45) is 0 Å². The first-order valence-electron chi connectivity index (χ1n) is 9.91. The van der Waals surface area contributed by atoms with E-state index in [1.54, 1.807) is 49.1 Å². The van der Waals surface area contributed by atoms with Crippen molar-refractivity contribution in [2.45, 2.75) is 25.3 Å². The number of nitrogens with zero attached hydrogens (tertiary/aromatic N) is 2. The zero-order valence-electron chi connectivity index (χ0n) is 18.2. The highest BCUT2D eigenvalue weighted by Crippen LogP contribution is 2.37. The molecule has 1 aliphatic heterocycles. The van der Waals surface area contributed by atoms with Gasteiger partial charge in [0.05, 0.1) is 17.3 Å². The Morgan fingerprint density at radius 1 is 1.24 bits per heavy atom. The third-order valence-electron chi connectivity index (χ3n) is 4.75. The zero-order valence-corrected chi connectivity index (χ0v) is 19.9. The molecule has 0 bridgehead atoms. The number of hydrogen-bond donors (Lipinski definition) is 2. The van der Waals surface area contributed by atoms with Crippen LogP contribution in [0.15, 0.2) is 58.0 Å². The average Bonchev–Trinajstić information content (AvgIpc) is 3.24. The van der Waals surface area contributed by atoms with Gasteiger partial charge in [-0.25, -0.2) is 9.37 Å². The number of nitrogens with one attached hydrogen (secondary N) is 2. The van der Waals surface area contributed by atoms with Crippen LogP contribution in [0.4, 0.5) is 10.1 Å². The van der Waals surface area contributed by atoms with Crippen LogP contribution in [-0.2, 0) is 11.3 Å². The Bertz CT molecular complexity index is 1280. The Balaban J connectivity index is 0.000000186. The molecule has 33 heavy (non-hydrogen) atoms. The van der Waals surface area contributed by atoms with E-state index >= 15 is 0 Å². The minimum absolute atomic E-state index is 0.105. The van der Waals surface area contributed by atoms with Gasteiger partial charge in [0.2, 0.25) is 0 Å². The van der Waals surface area contributed by atoms with Gasteiger partial charge in [-0.3, -0.25) is 9.59 Å². The Morgan fingerprint density at radius 2 is 2.03 bits per heavy atom. The maximum Gasteiger partial charge on any atom is 0.252 e. The summed E-state index contributed by atoms with van der Waals surface area (Å²) in [5, 5.41) is 15.1. The van der Waals surface area contributed by atoms with E-state index < -0.39 is 5.82 Å². The molecule has 9 heteroatoms. The molecule has 2 aromatic carbocycles. The average molecular weight is 481 g/mol. The van der Waals surface area contributed by atoms with Crippen molar-refractivity contribution in [3.05, 3.63) is 74.9 Å². The van der Waals surface area contributed by atoms with Crippen LogP contribution in [0.3, 0.4) is 0 Å². The number of nitriles is 1. The van der Waals surface area contributed by atoms with Crippen LogP contribution >= 0.6 is 23.1 Å². The summed E-state index contributed by atoms with van der Waals surface area (Å²) in [6.07, 6.45) is 2.50. The van der Waals surface area contributed by atoms with Crippen LogP contribution < -0.4 is 10.6 Å². The van der Waals surface area contributed by atoms with Gasteiger partial charge in [-0.1, -0.05) is 17.8 Å². The molecule has 0 unspecified atom stereocenters. The highest BCUT2D eigenvalue weighted by Gasteiger charge is 2.17. The summed E-state index contributed by atoms with van der Waals surface area (Å²) in [5.41, 5.74) is 2.75. The van der Waals surface area contributed by atoms with Crippen molar-refractivity contribution in [1.29, 1.82) is 5.26 Å². The second-order valence-electron chi connectivity index (χ2n) is 7.08. The standard InChI is InChI=1S/C12H10FN3S.C12H11NO2S/c1-15-6-9-7-16-12(17-9)10-3-2-8(5-14)4-11(10)13;1-7-8(2)16-11-4-3-9(6-14)5-10(11)13-12(7)15/h2-4,7,15H,6H2,1H3;3-6H,1-2H3,(H,13,15). The summed E-state index contributed by atoms with van der Waals surface area (Å²) >= 11 is 2.99. The number of benzene rings is 2. The molecular weight excluding hydrogens is 459 g/mol. The van der Waals surface area contributed by atoms with Crippen LogP contribution in [0.2, 0.25) is 0 Å².